The monoisotopic (exact) mass is 283 g/mol. The Hall–Kier alpha value is -1.39. The highest BCUT2D eigenvalue weighted by Crippen LogP contribution is 2.22. The standard InChI is InChI=1S/C13H11ClFNOS/c14-11-4-2-1-3-9(11)8-18(17)13-6-5-10(16)7-12(13)15/h1-7H,8,16H2. The second-order valence-corrected chi connectivity index (χ2v) is 5.60. The molecule has 1 atom stereocenters. The molecule has 94 valence electrons. The van der Waals surface area contributed by atoms with E-state index < -0.39 is 16.6 Å². The summed E-state index contributed by atoms with van der Waals surface area (Å²) < 4.78 is 25.7. The van der Waals surface area contributed by atoms with Gasteiger partial charge in [0.1, 0.15) is 5.82 Å². The Morgan fingerprint density at radius 3 is 2.61 bits per heavy atom. The van der Waals surface area contributed by atoms with Crippen molar-refractivity contribution in [3.63, 3.8) is 0 Å². The number of hydrogen-bond acceptors (Lipinski definition) is 2. The second-order valence-electron chi connectivity index (χ2n) is 3.77. The van der Waals surface area contributed by atoms with Gasteiger partial charge in [-0.25, -0.2) is 4.39 Å². The molecule has 0 aliphatic heterocycles. The van der Waals surface area contributed by atoms with E-state index in [1.807, 2.05) is 0 Å². The Kier molecular flexibility index (Phi) is 3.99. The number of hydrogen-bond donors (Lipinski definition) is 1. The first-order valence-corrected chi connectivity index (χ1v) is 6.94. The van der Waals surface area contributed by atoms with Crippen molar-refractivity contribution in [2.24, 2.45) is 0 Å². The van der Waals surface area contributed by atoms with Gasteiger partial charge in [0.05, 0.1) is 21.4 Å². The predicted octanol–water partition coefficient (Wildman–Crippen LogP) is 3.37. The van der Waals surface area contributed by atoms with Crippen molar-refractivity contribution in [1.29, 1.82) is 0 Å². The molecule has 0 bridgehead atoms. The van der Waals surface area contributed by atoms with E-state index in [1.165, 1.54) is 18.2 Å². The quantitative estimate of drug-likeness (QED) is 0.878. The smallest absolute Gasteiger partial charge is 0.141 e. The molecule has 0 aliphatic rings. The lowest BCUT2D eigenvalue weighted by atomic mass is 10.2. The van der Waals surface area contributed by atoms with Gasteiger partial charge in [0.2, 0.25) is 0 Å². The molecule has 0 aliphatic carbocycles. The van der Waals surface area contributed by atoms with Crippen LogP contribution in [0.15, 0.2) is 47.4 Å². The molecule has 2 N–H and O–H groups in total. The van der Waals surface area contributed by atoms with Crippen molar-refractivity contribution in [2.45, 2.75) is 10.6 Å². The number of rotatable bonds is 3. The summed E-state index contributed by atoms with van der Waals surface area (Å²) in [5, 5.41) is 0.529. The van der Waals surface area contributed by atoms with E-state index in [9.17, 15) is 8.60 Å². The molecule has 0 fully saturated rings. The Morgan fingerprint density at radius 1 is 1.22 bits per heavy atom. The third-order valence-electron chi connectivity index (χ3n) is 2.45. The Balaban J connectivity index is 2.25. The number of nitrogens with two attached hydrogens (primary N) is 1. The van der Waals surface area contributed by atoms with Crippen molar-refractivity contribution < 1.29 is 8.60 Å². The lowest BCUT2D eigenvalue weighted by Gasteiger charge is -2.06. The van der Waals surface area contributed by atoms with Crippen LogP contribution in [0.2, 0.25) is 5.02 Å². The average Bonchev–Trinajstić information content (AvgIpc) is 2.32. The summed E-state index contributed by atoms with van der Waals surface area (Å²) in [5.74, 6) is -0.374. The zero-order valence-electron chi connectivity index (χ0n) is 9.40. The molecule has 2 rings (SSSR count). The van der Waals surface area contributed by atoms with Crippen LogP contribution in [0.4, 0.5) is 10.1 Å². The molecular formula is C13H11ClFNOS. The van der Waals surface area contributed by atoms with E-state index >= 15 is 0 Å². The van der Waals surface area contributed by atoms with E-state index in [0.717, 1.165) is 5.56 Å². The van der Waals surface area contributed by atoms with Crippen molar-refractivity contribution in [2.75, 3.05) is 5.73 Å². The SMILES string of the molecule is Nc1ccc(S(=O)Cc2ccccc2Cl)c(F)c1. The van der Waals surface area contributed by atoms with Crippen molar-refractivity contribution in [3.8, 4) is 0 Å². The summed E-state index contributed by atoms with van der Waals surface area (Å²) >= 11 is 5.97. The van der Waals surface area contributed by atoms with Crippen molar-refractivity contribution >= 4 is 28.1 Å². The van der Waals surface area contributed by atoms with Crippen LogP contribution in [0.5, 0.6) is 0 Å². The van der Waals surface area contributed by atoms with Crippen molar-refractivity contribution in [3.05, 3.63) is 58.9 Å². The third kappa shape index (κ3) is 2.89. The maximum absolute atomic E-state index is 13.6. The fourth-order valence-electron chi connectivity index (χ4n) is 1.54. The molecule has 0 aromatic heterocycles. The average molecular weight is 284 g/mol. The molecular weight excluding hydrogens is 273 g/mol. The molecule has 18 heavy (non-hydrogen) atoms. The Morgan fingerprint density at radius 2 is 1.94 bits per heavy atom. The number of halogens is 2. The van der Waals surface area contributed by atoms with Gasteiger partial charge in [-0.3, -0.25) is 4.21 Å². The summed E-state index contributed by atoms with van der Waals surface area (Å²) in [6.45, 7) is 0. The van der Waals surface area contributed by atoms with Crippen LogP contribution >= 0.6 is 11.6 Å². The molecule has 1 unspecified atom stereocenters. The molecule has 2 aromatic rings. The molecule has 2 nitrogen and oxygen atoms in total. The topological polar surface area (TPSA) is 43.1 Å². The van der Waals surface area contributed by atoms with Crippen LogP contribution < -0.4 is 5.73 Å². The van der Waals surface area contributed by atoms with Gasteiger partial charge < -0.3 is 5.73 Å². The highest BCUT2D eigenvalue weighted by atomic mass is 35.5. The van der Waals surface area contributed by atoms with Crippen LogP contribution in [0.1, 0.15) is 5.56 Å². The van der Waals surface area contributed by atoms with Gasteiger partial charge in [-0.15, -0.1) is 0 Å². The highest BCUT2D eigenvalue weighted by Gasteiger charge is 2.12. The van der Waals surface area contributed by atoms with E-state index in [-0.39, 0.29) is 10.6 Å². The summed E-state index contributed by atoms with van der Waals surface area (Å²) in [4.78, 5) is 0.143. The van der Waals surface area contributed by atoms with Crippen LogP contribution in [0.3, 0.4) is 0 Å². The van der Waals surface area contributed by atoms with E-state index in [0.29, 0.717) is 10.7 Å². The molecule has 0 spiro atoms. The number of anilines is 1. The van der Waals surface area contributed by atoms with Gasteiger partial charge >= 0.3 is 0 Å². The molecule has 2 aromatic carbocycles. The van der Waals surface area contributed by atoms with Crippen LogP contribution in [0.25, 0.3) is 0 Å². The molecule has 0 saturated heterocycles. The Bertz CT molecular complexity index is 603. The van der Waals surface area contributed by atoms with Crippen LogP contribution in [-0.2, 0) is 16.6 Å². The summed E-state index contributed by atoms with van der Waals surface area (Å²) in [7, 11) is -1.48. The minimum Gasteiger partial charge on any atom is -0.399 e. The summed E-state index contributed by atoms with van der Waals surface area (Å²) in [5.41, 5.74) is 6.49. The maximum Gasteiger partial charge on any atom is 0.141 e. The highest BCUT2D eigenvalue weighted by molar-refractivity contribution is 7.84. The number of nitrogen functional groups attached to an aromatic ring is 1. The van der Waals surface area contributed by atoms with Gasteiger partial charge in [0, 0.05) is 10.7 Å². The Labute approximate surface area is 112 Å². The van der Waals surface area contributed by atoms with E-state index in [4.69, 9.17) is 17.3 Å². The minimum atomic E-state index is -1.48. The number of benzene rings is 2. The lowest BCUT2D eigenvalue weighted by molar-refractivity contribution is 0.596. The predicted molar refractivity (Wildman–Crippen MR) is 72.4 cm³/mol. The van der Waals surface area contributed by atoms with Crippen LogP contribution in [-0.4, -0.2) is 4.21 Å². The second kappa shape index (κ2) is 5.50. The first-order chi connectivity index (χ1) is 8.58. The molecule has 0 radical (unpaired) electrons. The molecule has 0 saturated carbocycles. The van der Waals surface area contributed by atoms with Gasteiger partial charge in [0.15, 0.2) is 0 Å². The zero-order chi connectivity index (χ0) is 13.1. The first kappa shape index (κ1) is 13.1. The van der Waals surface area contributed by atoms with Crippen molar-refractivity contribution in [1.82, 2.24) is 0 Å². The fraction of sp³-hybridized carbons (Fsp3) is 0.0769. The molecule has 0 amide bonds. The molecule has 5 heteroatoms. The van der Waals surface area contributed by atoms with Gasteiger partial charge in [0.25, 0.3) is 0 Å². The fourth-order valence-corrected chi connectivity index (χ4v) is 3.00. The zero-order valence-corrected chi connectivity index (χ0v) is 11.0. The molecule has 0 heterocycles. The first-order valence-electron chi connectivity index (χ1n) is 5.25. The summed E-state index contributed by atoms with van der Waals surface area (Å²) in [6.07, 6.45) is 0. The van der Waals surface area contributed by atoms with E-state index in [2.05, 4.69) is 0 Å². The summed E-state index contributed by atoms with van der Waals surface area (Å²) in [6, 6.07) is 11.2. The van der Waals surface area contributed by atoms with Gasteiger partial charge in [-0.2, -0.15) is 0 Å². The van der Waals surface area contributed by atoms with Gasteiger partial charge in [-0.05, 0) is 29.8 Å². The maximum atomic E-state index is 13.6. The largest absolute Gasteiger partial charge is 0.399 e. The normalized spacial score (nSPS) is 12.3. The minimum absolute atomic E-state index is 0.143. The van der Waals surface area contributed by atoms with E-state index in [1.54, 1.807) is 24.3 Å². The van der Waals surface area contributed by atoms with Gasteiger partial charge in [-0.1, -0.05) is 29.8 Å². The third-order valence-corrected chi connectivity index (χ3v) is 4.21. The van der Waals surface area contributed by atoms with Crippen LogP contribution in [0, 0.1) is 5.82 Å². The lowest BCUT2D eigenvalue weighted by Crippen LogP contribution is -2.00.